The highest BCUT2D eigenvalue weighted by atomic mass is 33.1. The summed E-state index contributed by atoms with van der Waals surface area (Å²) in [5.74, 6) is -0.379. The van der Waals surface area contributed by atoms with Gasteiger partial charge >= 0.3 is 0 Å². The van der Waals surface area contributed by atoms with Crippen LogP contribution in [0.3, 0.4) is 0 Å². The molecule has 1 aromatic heterocycles. The van der Waals surface area contributed by atoms with Crippen LogP contribution in [0.25, 0.3) is 11.0 Å². The third kappa shape index (κ3) is 6.08. The number of hydrogen-bond acceptors (Lipinski definition) is 13. The molecule has 13 nitrogen and oxygen atoms in total. The van der Waals surface area contributed by atoms with Crippen LogP contribution in [0, 0.1) is 0 Å². The molecule has 53 heavy (non-hydrogen) atoms. The molecule has 2 aromatic carbocycles. The molecule has 2 saturated carbocycles. The molecule has 3 aromatic rings. The molecule has 0 saturated heterocycles. The van der Waals surface area contributed by atoms with Crippen LogP contribution >= 0.6 is 21.6 Å². The Morgan fingerprint density at radius 3 is 2.51 bits per heavy atom. The first-order chi connectivity index (χ1) is 25.4. The molecular formula is C38H46N4O9S2. The Bertz CT molecular complexity index is 2030. The minimum Gasteiger partial charge on any atom is -0.489 e. The lowest BCUT2D eigenvalue weighted by Crippen LogP contribution is -2.47. The van der Waals surface area contributed by atoms with E-state index in [1.54, 1.807) is 43.3 Å². The molecule has 0 unspecified atom stereocenters. The second kappa shape index (κ2) is 13.7. The number of fused-ring (bicyclic) bond motifs is 4. The van der Waals surface area contributed by atoms with E-state index >= 15 is 4.79 Å². The van der Waals surface area contributed by atoms with Crippen LogP contribution in [0.1, 0.15) is 103 Å². The van der Waals surface area contributed by atoms with Gasteiger partial charge in [0.15, 0.2) is 5.96 Å². The van der Waals surface area contributed by atoms with Gasteiger partial charge in [-0.2, -0.15) is 0 Å². The van der Waals surface area contributed by atoms with Gasteiger partial charge in [0.1, 0.15) is 45.5 Å². The van der Waals surface area contributed by atoms with Crippen molar-refractivity contribution >= 4 is 44.2 Å². The predicted molar refractivity (Wildman–Crippen MR) is 204 cm³/mol. The van der Waals surface area contributed by atoms with Gasteiger partial charge in [-0.3, -0.25) is 15.5 Å². The number of nitrogens with zero attached hydrogens (tertiary/aromatic N) is 1. The molecule has 284 valence electrons. The molecule has 2 aliphatic heterocycles. The van der Waals surface area contributed by atoms with E-state index in [0.717, 1.165) is 32.1 Å². The van der Waals surface area contributed by atoms with E-state index in [0.29, 0.717) is 46.7 Å². The quantitative estimate of drug-likeness (QED) is 0.0549. The van der Waals surface area contributed by atoms with Crippen molar-refractivity contribution in [2.24, 2.45) is 16.5 Å². The van der Waals surface area contributed by atoms with Gasteiger partial charge < -0.3 is 45.8 Å². The highest BCUT2D eigenvalue weighted by molar-refractivity contribution is 8.76. The van der Waals surface area contributed by atoms with Crippen molar-refractivity contribution in [3.8, 4) is 11.5 Å². The van der Waals surface area contributed by atoms with Crippen LogP contribution in [0.4, 0.5) is 5.69 Å². The number of aliphatic imine (C=N–C) groups is 1. The van der Waals surface area contributed by atoms with Crippen LogP contribution < -0.4 is 31.8 Å². The standard InChI is InChI=1S/C38H46N4O9S2/c1-36(46)13-4-7-23-26-30(50-33(23)36)27-24(15-43)53-52-18-37(17-44,41-35(39)40)16-38(47)14-12-22(19-8-10-20(42-48)11-9-19)25-29(45)28(32(27)51-34(25)38)31(26)49-21-5-2-3-6-21/h8-12,14,21-24,33,42-44,46-48H,2-7,13,15-18H2,1H3,(H4,39,40,41)/t22-,23-,24-,33+,36-,37-,38-/m1/s1. The topological polar surface area (TPSA) is 226 Å². The van der Waals surface area contributed by atoms with Crippen molar-refractivity contribution in [3.05, 3.63) is 74.7 Å². The summed E-state index contributed by atoms with van der Waals surface area (Å²) in [6, 6.07) is 6.91. The van der Waals surface area contributed by atoms with Crippen molar-refractivity contribution < 1.29 is 39.5 Å². The van der Waals surface area contributed by atoms with E-state index in [9.17, 15) is 25.6 Å². The van der Waals surface area contributed by atoms with Crippen molar-refractivity contribution in [3.63, 3.8) is 0 Å². The molecule has 0 amide bonds. The summed E-state index contributed by atoms with van der Waals surface area (Å²) in [6.45, 7) is 0.865. The highest BCUT2D eigenvalue weighted by Gasteiger charge is 2.53. The number of anilines is 1. The number of ether oxygens (including phenoxy) is 2. The summed E-state index contributed by atoms with van der Waals surface area (Å²) < 4.78 is 20.7. The summed E-state index contributed by atoms with van der Waals surface area (Å²) >= 11 is 0. The number of guanidine groups is 1. The van der Waals surface area contributed by atoms with Gasteiger partial charge in [0.05, 0.1) is 47.0 Å². The number of nitrogens with one attached hydrogen (secondary N) is 1. The second-order valence-electron chi connectivity index (χ2n) is 15.4. The van der Waals surface area contributed by atoms with Crippen molar-refractivity contribution in [1.29, 1.82) is 0 Å². The molecule has 10 N–H and O–H groups in total. The average molecular weight is 767 g/mol. The third-order valence-electron chi connectivity index (χ3n) is 11.7. The summed E-state index contributed by atoms with van der Waals surface area (Å²) in [5, 5.41) is 55.4. The second-order valence-corrected chi connectivity index (χ2v) is 18.0. The van der Waals surface area contributed by atoms with Crippen molar-refractivity contribution in [2.45, 2.75) is 104 Å². The van der Waals surface area contributed by atoms with E-state index in [1.165, 1.54) is 21.6 Å². The molecule has 3 aliphatic carbocycles. The van der Waals surface area contributed by atoms with Crippen LogP contribution in [0.2, 0.25) is 0 Å². The Labute approximate surface area is 314 Å². The molecule has 3 heterocycles. The predicted octanol–water partition coefficient (Wildman–Crippen LogP) is 4.41. The van der Waals surface area contributed by atoms with Gasteiger partial charge in [-0.25, -0.2) is 4.99 Å². The minimum atomic E-state index is -1.97. The summed E-state index contributed by atoms with van der Waals surface area (Å²) in [4.78, 5) is 20.1. The minimum absolute atomic E-state index is 0.0421. The molecule has 2 fully saturated rings. The zero-order chi connectivity index (χ0) is 37.3. The van der Waals surface area contributed by atoms with E-state index in [2.05, 4.69) is 10.5 Å². The van der Waals surface area contributed by atoms with E-state index < -0.39 is 46.0 Å². The molecule has 7 atom stereocenters. The lowest BCUT2D eigenvalue weighted by molar-refractivity contribution is -0.0727. The fraction of sp³-hybridized carbons (Fsp3) is 0.526. The van der Waals surface area contributed by atoms with Gasteiger partial charge in [0.25, 0.3) is 0 Å². The van der Waals surface area contributed by atoms with E-state index in [-0.39, 0.29) is 59.1 Å². The van der Waals surface area contributed by atoms with Crippen LogP contribution in [-0.2, 0) is 5.60 Å². The first-order valence-electron chi connectivity index (χ1n) is 18.2. The molecular weight excluding hydrogens is 721 g/mol. The average Bonchev–Trinajstić information content (AvgIpc) is 3.79. The van der Waals surface area contributed by atoms with Gasteiger partial charge in [-0.15, -0.1) is 0 Å². The maximum Gasteiger partial charge on any atom is 0.201 e. The fourth-order valence-electron chi connectivity index (χ4n) is 9.17. The number of aliphatic hydroxyl groups is 4. The summed E-state index contributed by atoms with van der Waals surface area (Å²) in [7, 11) is 2.62. The lowest BCUT2D eigenvalue weighted by Gasteiger charge is -2.38. The Morgan fingerprint density at radius 2 is 1.83 bits per heavy atom. The largest absolute Gasteiger partial charge is 0.489 e. The first-order valence-corrected chi connectivity index (χ1v) is 20.6. The number of aliphatic hydroxyl groups excluding tert-OH is 2. The molecule has 0 radical (unpaired) electrons. The fourth-order valence-corrected chi connectivity index (χ4v) is 12.1. The van der Waals surface area contributed by atoms with Gasteiger partial charge in [0.2, 0.25) is 5.43 Å². The van der Waals surface area contributed by atoms with Crippen LogP contribution in [0.5, 0.6) is 11.5 Å². The van der Waals surface area contributed by atoms with Crippen LogP contribution in [-0.4, -0.2) is 73.9 Å². The first kappa shape index (κ1) is 36.5. The van der Waals surface area contributed by atoms with Gasteiger partial charge in [-0.1, -0.05) is 39.8 Å². The maximum absolute atomic E-state index is 15.6. The SMILES string of the molecule is C[C@@]1(O)CCC[C@@H]2c3c(c4c5oc6c(c(=O)c5c3OC3CCCC3)[C@@H](c3ccc(NO)cc3)C=C[C@@]6(O)C[C@](CO)(N=C(N)N)CSS[C@@H]4CO)O[C@@H]21. The zero-order valence-corrected chi connectivity index (χ0v) is 31.0. The number of allylic oxidation sites excluding steroid dienone is 1. The smallest absolute Gasteiger partial charge is 0.201 e. The molecule has 2 bridgehead atoms. The van der Waals surface area contributed by atoms with Gasteiger partial charge in [0, 0.05) is 29.6 Å². The Hall–Kier alpha value is -3.44. The normalized spacial score (nSPS) is 32.1. The monoisotopic (exact) mass is 766 g/mol. The number of benzene rings is 2. The summed E-state index contributed by atoms with van der Waals surface area (Å²) in [5.41, 5.74) is 11.6. The molecule has 0 spiro atoms. The van der Waals surface area contributed by atoms with Crippen molar-refractivity contribution in [2.75, 3.05) is 24.4 Å². The number of rotatable bonds is 7. The summed E-state index contributed by atoms with van der Waals surface area (Å²) in [6.07, 6.45) is 7.89. The molecule has 8 rings (SSSR count). The highest BCUT2D eigenvalue weighted by Crippen LogP contribution is 2.60. The van der Waals surface area contributed by atoms with Gasteiger partial charge in [-0.05, 0) is 75.6 Å². The third-order valence-corrected chi connectivity index (χ3v) is 14.5. The van der Waals surface area contributed by atoms with E-state index in [1.807, 2.05) is 0 Å². The Morgan fingerprint density at radius 1 is 1.08 bits per heavy atom. The molecule has 15 heteroatoms. The number of hydrogen-bond donors (Lipinski definition) is 8. The van der Waals surface area contributed by atoms with E-state index in [4.69, 9.17) is 25.4 Å². The van der Waals surface area contributed by atoms with Crippen molar-refractivity contribution in [1.82, 2.24) is 0 Å². The van der Waals surface area contributed by atoms with Crippen LogP contribution in [0.15, 0.2) is 50.6 Å². The zero-order valence-electron chi connectivity index (χ0n) is 29.4. The Balaban J connectivity index is 1.48. The molecule has 5 aliphatic rings. The lowest BCUT2D eigenvalue weighted by atomic mass is 9.73. The number of nitrogens with two attached hydrogens (primary N) is 2. The Kier molecular flexibility index (Phi) is 9.44. The maximum atomic E-state index is 15.6.